The van der Waals surface area contributed by atoms with Gasteiger partial charge in [0.05, 0.1) is 11.9 Å². The van der Waals surface area contributed by atoms with Crippen LogP contribution in [0.15, 0.2) is 23.7 Å². The summed E-state index contributed by atoms with van der Waals surface area (Å²) in [6, 6.07) is 3.82. The van der Waals surface area contributed by atoms with E-state index in [4.69, 9.17) is 9.47 Å². The van der Waals surface area contributed by atoms with Crippen LogP contribution in [0.25, 0.3) is 0 Å². The molecule has 1 atom stereocenters. The van der Waals surface area contributed by atoms with Crippen molar-refractivity contribution < 1.29 is 14.3 Å². The number of aryl methyl sites for hydroxylation is 1. The summed E-state index contributed by atoms with van der Waals surface area (Å²) in [6.07, 6.45) is 3.93. The van der Waals surface area contributed by atoms with Gasteiger partial charge in [-0.25, -0.2) is 4.98 Å². The molecule has 2 aromatic rings. The second kappa shape index (κ2) is 8.21. The number of hydrogen-bond donors (Lipinski definition) is 1. The molecule has 0 aliphatic carbocycles. The normalized spacial score (nSPS) is 17.0. The summed E-state index contributed by atoms with van der Waals surface area (Å²) in [7, 11) is 0. The second-order valence-electron chi connectivity index (χ2n) is 5.70. The van der Waals surface area contributed by atoms with Crippen molar-refractivity contribution in [3.05, 3.63) is 40.1 Å². The first kappa shape index (κ1) is 16.9. The average Bonchev–Trinajstić information content (AvgIpc) is 3.26. The molecule has 1 unspecified atom stereocenters. The van der Waals surface area contributed by atoms with Crippen molar-refractivity contribution in [1.82, 2.24) is 15.3 Å². The molecule has 24 heavy (non-hydrogen) atoms. The van der Waals surface area contributed by atoms with Crippen LogP contribution in [0.2, 0.25) is 0 Å². The molecule has 1 aliphatic heterocycles. The largest absolute Gasteiger partial charge is 0.485 e. The van der Waals surface area contributed by atoms with Crippen LogP contribution in [-0.4, -0.2) is 35.1 Å². The molecule has 128 valence electrons. The Morgan fingerprint density at radius 2 is 2.42 bits per heavy atom. The molecule has 1 fully saturated rings. The topological polar surface area (TPSA) is 73.3 Å². The number of thiazole rings is 1. The van der Waals surface area contributed by atoms with Crippen molar-refractivity contribution in [1.29, 1.82) is 0 Å². The molecule has 6 nitrogen and oxygen atoms in total. The van der Waals surface area contributed by atoms with E-state index in [1.165, 1.54) is 0 Å². The minimum atomic E-state index is -0.271. The average molecular weight is 347 g/mol. The molecule has 2 aromatic heterocycles. The molecule has 0 spiro atoms. The standard InChI is InChI=1S/C17H21N3O3S/c1-12-4-5-14(9-19-12)23-10-16-20-13(11-24-16)6-7-18-17(21)15-3-2-8-22-15/h4-5,9,11,15H,2-3,6-8,10H2,1H3,(H,18,21). The van der Waals surface area contributed by atoms with Crippen LogP contribution in [-0.2, 0) is 22.6 Å². The fourth-order valence-corrected chi connectivity index (χ4v) is 3.17. The molecule has 1 amide bonds. The number of nitrogens with one attached hydrogen (secondary N) is 1. The Morgan fingerprint density at radius 3 is 3.17 bits per heavy atom. The van der Waals surface area contributed by atoms with Gasteiger partial charge in [-0.15, -0.1) is 11.3 Å². The monoisotopic (exact) mass is 347 g/mol. The van der Waals surface area contributed by atoms with Gasteiger partial charge >= 0.3 is 0 Å². The smallest absolute Gasteiger partial charge is 0.249 e. The first-order valence-electron chi connectivity index (χ1n) is 8.09. The Labute approximate surface area is 145 Å². The maximum Gasteiger partial charge on any atom is 0.249 e. The second-order valence-corrected chi connectivity index (χ2v) is 6.64. The van der Waals surface area contributed by atoms with Crippen molar-refractivity contribution in [3.8, 4) is 5.75 Å². The molecule has 1 N–H and O–H groups in total. The van der Waals surface area contributed by atoms with Crippen LogP contribution in [0.1, 0.15) is 29.2 Å². The molecule has 1 saturated heterocycles. The van der Waals surface area contributed by atoms with Crippen LogP contribution < -0.4 is 10.1 Å². The number of rotatable bonds is 7. The lowest BCUT2D eigenvalue weighted by Crippen LogP contribution is -2.35. The van der Waals surface area contributed by atoms with Gasteiger partial charge in [0, 0.05) is 30.6 Å². The van der Waals surface area contributed by atoms with E-state index in [9.17, 15) is 4.79 Å². The molecule has 3 heterocycles. The Morgan fingerprint density at radius 1 is 1.50 bits per heavy atom. The number of ether oxygens (including phenoxy) is 2. The lowest BCUT2D eigenvalue weighted by molar-refractivity contribution is -0.129. The summed E-state index contributed by atoms with van der Waals surface area (Å²) in [5.74, 6) is 0.722. The molecule has 0 aromatic carbocycles. The minimum absolute atomic E-state index is 0.0156. The van der Waals surface area contributed by atoms with Crippen molar-refractivity contribution in [2.45, 2.75) is 38.9 Å². The third kappa shape index (κ3) is 4.75. The summed E-state index contributed by atoms with van der Waals surface area (Å²) in [6.45, 7) is 3.63. The highest BCUT2D eigenvalue weighted by atomic mass is 32.1. The van der Waals surface area contributed by atoms with Gasteiger partial charge in [-0.2, -0.15) is 0 Å². The number of amides is 1. The van der Waals surface area contributed by atoms with Crippen molar-refractivity contribution in [2.24, 2.45) is 0 Å². The zero-order valence-corrected chi connectivity index (χ0v) is 14.5. The van der Waals surface area contributed by atoms with Gasteiger partial charge in [0.2, 0.25) is 5.91 Å². The van der Waals surface area contributed by atoms with E-state index in [2.05, 4.69) is 15.3 Å². The highest BCUT2D eigenvalue weighted by molar-refractivity contribution is 7.09. The summed E-state index contributed by atoms with van der Waals surface area (Å²) < 4.78 is 11.0. The Balaban J connectivity index is 1.40. The van der Waals surface area contributed by atoms with Crippen LogP contribution in [0.3, 0.4) is 0 Å². The van der Waals surface area contributed by atoms with E-state index in [1.807, 2.05) is 24.4 Å². The summed E-state index contributed by atoms with van der Waals surface area (Å²) in [4.78, 5) is 20.6. The van der Waals surface area contributed by atoms with E-state index in [0.29, 0.717) is 26.2 Å². The SMILES string of the molecule is Cc1ccc(OCc2nc(CCNC(=O)C3CCCO3)cs2)cn1. The highest BCUT2D eigenvalue weighted by Crippen LogP contribution is 2.15. The van der Waals surface area contributed by atoms with E-state index >= 15 is 0 Å². The fourth-order valence-electron chi connectivity index (χ4n) is 2.43. The van der Waals surface area contributed by atoms with Crippen LogP contribution in [0, 0.1) is 6.92 Å². The van der Waals surface area contributed by atoms with Gasteiger partial charge < -0.3 is 14.8 Å². The number of carbonyl (C=O) groups is 1. The lowest BCUT2D eigenvalue weighted by atomic mass is 10.2. The number of nitrogens with zero attached hydrogens (tertiary/aromatic N) is 2. The van der Waals surface area contributed by atoms with Crippen molar-refractivity contribution in [2.75, 3.05) is 13.2 Å². The van der Waals surface area contributed by atoms with Crippen LogP contribution in [0.4, 0.5) is 0 Å². The number of aromatic nitrogens is 2. The Bertz CT molecular complexity index is 666. The minimum Gasteiger partial charge on any atom is -0.485 e. The quantitative estimate of drug-likeness (QED) is 0.832. The highest BCUT2D eigenvalue weighted by Gasteiger charge is 2.22. The van der Waals surface area contributed by atoms with E-state index in [0.717, 1.165) is 35.0 Å². The van der Waals surface area contributed by atoms with Crippen LogP contribution >= 0.6 is 11.3 Å². The molecule has 0 radical (unpaired) electrons. The van der Waals surface area contributed by atoms with Gasteiger partial charge in [-0.3, -0.25) is 9.78 Å². The maximum atomic E-state index is 11.8. The van der Waals surface area contributed by atoms with Gasteiger partial charge in [-0.1, -0.05) is 0 Å². The molecule has 0 bridgehead atoms. The van der Waals surface area contributed by atoms with Crippen molar-refractivity contribution >= 4 is 17.2 Å². The molecular weight excluding hydrogens is 326 g/mol. The predicted molar refractivity (Wildman–Crippen MR) is 91.1 cm³/mol. The summed E-state index contributed by atoms with van der Waals surface area (Å²) in [5, 5.41) is 5.82. The van der Waals surface area contributed by atoms with E-state index in [1.54, 1.807) is 17.5 Å². The maximum absolute atomic E-state index is 11.8. The molecular formula is C17H21N3O3S. The fraction of sp³-hybridized carbons (Fsp3) is 0.471. The first-order valence-corrected chi connectivity index (χ1v) is 8.97. The van der Waals surface area contributed by atoms with Gasteiger partial charge in [0.25, 0.3) is 0 Å². The lowest BCUT2D eigenvalue weighted by Gasteiger charge is -2.09. The number of hydrogen-bond acceptors (Lipinski definition) is 6. The Hall–Kier alpha value is -1.99. The van der Waals surface area contributed by atoms with Crippen LogP contribution in [0.5, 0.6) is 5.75 Å². The van der Waals surface area contributed by atoms with Gasteiger partial charge in [0.1, 0.15) is 23.5 Å². The van der Waals surface area contributed by atoms with Gasteiger partial charge in [0.15, 0.2) is 0 Å². The molecule has 0 saturated carbocycles. The predicted octanol–water partition coefficient (Wildman–Crippen LogP) is 2.26. The third-order valence-electron chi connectivity index (χ3n) is 3.75. The van der Waals surface area contributed by atoms with E-state index < -0.39 is 0 Å². The summed E-state index contributed by atoms with van der Waals surface area (Å²) in [5.41, 5.74) is 1.93. The Kier molecular flexibility index (Phi) is 5.77. The zero-order valence-electron chi connectivity index (χ0n) is 13.7. The zero-order chi connectivity index (χ0) is 16.8. The molecule has 3 rings (SSSR count). The van der Waals surface area contributed by atoms with Crippen molar-refractivity contribution in [3.63, 3.8) is 0 Å². The summed E-state index contributed by atoms with van der Waals surface area (Å²) >= 11 is 1.56. The molecule has 7 heteroatoms. The molecule has 1 aliphatic rings. The third-order valence-corrected chi connectivity index (χ3v) is 4.62. The number of carbonyl (C=O) groups excluding carboxylic acids is 1. The number of pyridine rings is 1. The van der Waals surface area contributed by atoms with E-state index in [-0.39, 0.29) is 12.0 Å². The van der Waals surface area contributed by atoms with Gasteiger partial charge in [-0.05, 0) is 31.9 Å². The first-order chi connectivity index (χ1) is 11.7.